The number of carbonyl (C=O) groups excluding carboxylic acids is 3. The molecule has 0 spiro atoms. The Labute approximate surface area is 662 Å². The molecule has 107 heavy (non-hydrogen) atoms. The number of carboxylic acid groups (broad SMARTS) is 1. The van der Waals surface area contributed by atoms with Crippen molar-refractivity contribution in [3.05, 3.63) is 134 Å². The van der Waals surface area contributed by atoms with Crippen molar-refractivity contribution < 1.29 is 42.9 Å². The molecule has 0 aliphatic heterocycles. The average Bonchev–Trinajstić information content (AvgIpc) is 0.965. The van der Waals surface area contributed by atoms with Gasteiger partial charge in [-0.15, -0.1) is 0 Å². The van der Waals surface area contributed by atoms with Gasteiger partial charge in [0.1, 0.15) is 13.2 Å². The van der Waals surface area contributed by atoms with Crippen LogP contribution in [0.2, 0.25) is 0 Å². The summed E-state index contributed by atoms with van der Waals surface area (Å²) in [6.45, 7) is 4.67. The van der Waals surface area contributed by atoms with E-state index in [2.05, 4.69) is 148 Å². The molecular weight excluding hydrogens is 1320 g/mol. The largest absolute Gasteiger partial charge is 0.545 e. The van der Waals surface area contributed by atoms with E-state index in [4.69, 9.17) is 18.9 Å². The highest BCUT2D eigenvalue weighted by atomic mass is 16.7. The first-order valence-electron chi connectivity index (χ1n) is 45.3. The molecule has 9 nitrogen and oxygen atoms in total. The molecule has 0 saturated heterocycles. The Hall–Kier alpha value is -4.57. The lowest BCUT2D eigenvalue weighted by Crippen LogP contribution is -2.44. The SMILES string of the molecule is CC/C=C\C/C=C\C/C=C\C/C=C\C/C=C\C/C=C\C/C=C\C/C=C\C/C=C\CCCCCCCCCCCCCCCC(=O)OC(COC(=O)CCCCCCCCCCCCCCCCCCCCCCCCCCCCCCC/C=C\C/C=C\CCCCCCC)COC(OCC[N+](C)(C)C)C(=O)[O-]. The molecule has 616 valence electrons. The van der Waals surface area contributed by atoms with Gasteiger partial charge in [-0.05, 0) is 116 Å². The number of aliphatic carboxylic acids is 1. The van der Waals surface area contributed by atoms with Crippen molar-refractivity contribution in [1.82, 2.24) is 0 Å². The van der Waals surface area contributed by atoms with Crippen LogP contribution in [0, 0.1) is 0 Å². The van der Waals surface area contributed by atoms with Crippen molar-refractivity contribution in [2.75, 3.05) is 47.5 Å². The molecular formula is C98H171NO8. The fraction of sp³-hybridized carbons (Fsp3) is 0.745. The molecule has 0 aromatic carbocycles. The van der Waals surface area contributed by atoms with Crippen LogP contribution in [-0.4, -0.2) is 82.3 Å². The van der Waals surface area contributed by atoms with Crippen LogP contribution in [0.4, 0.5) is 0 Å². The summed E-state index contributed by atoms with van der Waals surface area (Å²) < 4.78 is 22.9. The maximum absolute atomic E-state index is 13.0. The van der Waals surface area contributed by atoms with Gasteiger partial charge in [-0.2, -0.15) is 0 Å². The minimum atomic E-state index is -1.63. The number of allylic oxidation sites excluding steroid dienone is 22. The molecule has 0 heterocycles. The van der Waals surface area contributed by atoms with Crippen molar-refractivity contribution in [2.24, 2.45) is 0 Å². The summed E-state index contributed by atoms with van der Waals surface area (Å²) in [5.41, 5.74) is 0. The Morgan fingerprint density at radius 1 is 0.290 bits per heavy atom. The fourth-order valence-corrected chi connectivity index (χ4v) is 13.0. The molecule has 0 aromatic rings. The lowest BCUT2D eigenvalue weighted by atomic mass is 10.0. The highest BCUT2D eigenvalue weighted by Crippen LogP contribution is 2.20. The van der Waals surface area contributed by atoms with Gasteiger partial charge in [0.2, 0.25) is 0 Å². The summed E-state index contributed by atoms with van der Waals surface area (Å²) in [5, 5.41) is 11.9. The number of carbonyl (C=O) groups is 3. The van der Waals surface area contributed by atoms with Gasteiger partial charge in [0.05, 0.1) is 40.3 Å². The molecule has 2 atom stereocenters. The van der Waals surface area contributed by atoms with Gasteiger partial charge in [0, 0.05) is 12.8 Å². The average molecular weight is 1490 g/mol. The highest BCUT2D eigenvalue weighted by molar-refractivity contribution is 5.70. The molecule has 0 amide bonds. The van der Waals surface area contributed by atoms with E-state index in [-0.39, 0.29) is 32.2 Å². The van der Waals surface area contributed by atoms with Crippen LogP contribution in [0.3, 0.4) is 0 Å². The second-order valence-electron chi connectivity index (χ2n) is 31.5. The Morgan fingerprint density at radius 3 is 0.794 bits per heavy atom. The second kappa shape index (κ2) is 87.0. The van der Waals surface area contributed by atoms with E-state index >= 15 is 0 Å². The van der Waals surface area contributed by atoms with Crippen LogP contribution in [0.5, 0.6) is 0 Å². The molecule has 0 bridgehead atoms. The van der Waals surface area contributed by atoms with Crippen molar-refractivity contribution >= 4 is 17.9 Å². The van der Waals surface area contributed by atoms with Crippen LogP contribution in [0.25, 0.3) is 0 Å². The van der Waals surface area contributed by atoms with Crippen molar-refractivity contribution in [3.63, 3.8) is 0 Å². The number of hydrogen-bond donors (Lipinski definition) is 0. The lowest BCUT2D eigenvalue weighted by Gasteiger charge is -2.26. The predicted molar refractivity (Wildman–Crippen MR) is 463 cm³/mol. The minimum Gasteiger partial charge on any atom is -0.545 e. The van der Waals surface area contributed by atoms with Gasteiger partial charge >= 0.3 is 11.9 Å². The van der Waals surface area contributed by atoms with Crippen LogP contribution in [-0.2, 0) is 33.3 Å². The fourth-order valence-electron chi connectivity index (χ4n) is 13.0. The van der Waals surface area contributed by atoms with E-state index in [0.717, 1.165) is 103 Å². The number of carboxylic acids is 1. The topological polar surface area (TPSA) is 111 Å². The molecule has 0 radical (unpaired) electrons. The van der Waals surface area contributed by atoms with Gasteiger partial charge in [0.15, 0.2) is 12.4 Å². The molecule has 0 saturated carbocycles. The van der Waals surface area contributed by atoms with Crippen molar-refractivity contribution in [3.8, 4) is 0 Å². The van der Waals surface area contributed by atoms with Gasteiger partial charge in [-0.3, -0.25) is 9.59 Å². The summed E-state index contributed by atoms with van der Waals surface area (Å²) in [4.78, 5) is 37.7. The van der Waals surface area contributed by atoms with Gasteiger partial charge in [0.25, 0.3) is 0 Å². The number of nitrogens with zero attached hydrogens (tertiary/aromatic N) is 1. The molecule has 0 fully saturated rings. The number of rotatable bonds is 84. The lowest BCUT2D eigenvalue weighted by molar-refractivity contribution is -0.870. The third kappa shape index (κ3) is 88.5. The molecule has 0 aliphatic carbocycles. The number of quaternary nitrogens is 1. The molecule has 2 unspecified atom stereocenters. The Kier molecular flexibility index (Phi) is 83.3. The first-order chi connectivity index (χ1) is 52.6. The van der Waals surface area contributed by atoms with E-state index in [1.54, 1.807) is 0 Å². The predicted octanol–water partition coefficient (Wildman–Crippen LogP) is 28.6. The van der Waals surface area contributed by atoms with Crippen LogP contribution in [0.15, 0.2) is 134 Å². The standard InChI is InChI=1S/C98H171NO8/c1-6-8-10-12-14-16-18-20-22-24-26-28-30-32-34-36-38-40-42-44-46-48-50-52-54-56-58-60-62-64-66-68-70-72-74-76-78-80-82-84-86-88-95(100)105-92-94(93-106-98(97(102)103)104-91-90-99(3,4)5)107-96(101)89-87-85-83-81-79-77-75-73-71-69-67-65-63-61-59-57-55-53-51-49-47-45-43-41-39-37-35-33-31-29-27-25-23-21-19-17-15-13-11-9-7-2/h9,11,15,17-18,20-21,23-24,26-27,29,33,35,39,41,45,47,51,53,57,59,94,98H,6-8,10,12-14,16,19,22,25,28,30-32,34,36-38,40,42-44,46,48-50,52,54-56,58,60-93H2,1-5H3/b11-9-,17-15-,20-18-,23-21-,26-24-,29-27-,35-33-,41-39-,47-45-,53-51-,59-57-. The summed E-state index contributed by atoms with van der Waals surface area (Å²) in [5.74, 6) is -2.27. The second-order valence-corrected chi connectivity index (χ2v) is 31.5. The Bertz CT molecular complexity index is 2240. The number of esters is 2. The van der Waals surface area contributed by atoms with Crippen LogP contribution >= 0.6 is 0 Å². The maximum Gasteiger partial charge on any atom is 0.306 e. The van der Waals surface area contributed by atoms with E-state index < -0.39 is 24.3 Å². The van der Waals surface area contributed by atoms with E-state index in [1.165, 1.54) is 276 Å². The molecule has 9 heteroatoms. The summed E-state index contributed by atoms with van der Waals surface area (Å²) in [6, 6.07) is 0. The molecule has 0 aromatic heterocycles. The van der Waals surface area contributed by atoms with Gasteiger partial charge in [-0.25, -0.2) is 0 Å². The maximum atomic E-state index is 13.0. The zero-order valence-electron chi connectivity index (χ0n) is 70.7. The monoisotopic (exact) mass is 1490 g/mol. The first-order valence-corrected chi connectivity index (χ1v) is 45.3. The third-order valence-corrected chi connectivity index (χ3v) is 19.9. The summed E-state index contributed by atoms with van der Waals surface area (Å²) in [7, 11) is 5.95. The van der Waals surface area contributed by atoms with E-state index in [9.17, 15) is 19.5 Å². The van der Waals surface area contributed by atoms with E-state index in [0.29, 0.717) is 23.9 Å². The van der Waals surface area contributed by atoms with Gasteiger partial charge in [-0.1, -0.05) is 417 Å². The zero-order valence-corrected chi connectivity index (χ0v) is 70.7. The summed E-state index contributed by atoms with van der Waals surface area (Å²) in [6.07, 6.45) is 123. The first kappa shape index (κ1) is 102. The van der Waals surface area contributed by atoms with Crippen molar-refractivity contribution in [2.45, 2.75) is 424 Å². The third-order valence-electron chi connectivity index (χ3n) is 19.9. The molecule has 0 N–H and O–H groups in total. The van der Waals surface area contributed by atoms with Gasteiger partial charge < -0.3 is 33.3 Å². The van der Waals surface area contributed by atoms with Crippen LogP contribution in [0.1, 0.15) is 412 Å². The Balaban J connectivity index is 3.96. The smallest absolute Gasteiger partial charge is 0.306 e. The molecule has 0 rings (SSSR count). The van der Waals surface area contributed by atoms with Crippen LogP contribution < -0.4 is 5.11 Å². The number of likely N-dealkylation sites (N-methyl/N-ethyl adjacent to an activating group) is 1. The summed E-state index contributed by atoms with van der Waals surface area (Å²) >= 11 is 0. The number of hydrogen-bond acceptors (Lipinski definition) is 8. The Morgan fingerprint density at radius 2 is 0.533 bits per heavy atom. The number of ether oxygens (including phenoxy) is 4. The van der Waals surface area contributed by atoms with Crippen molar-refractivity contribution in [1.29, 1.82) is 0 Å². The normalized spacial score (nSPS) is 13.2. The molecule has 0 aliphatic rings. The highest BCUT2D eigenvalue weighted by Gasteiger charge is 2.22. The zero-order chi connectivity index (χ0) is 77.4. The quantitative estimate of drug-likeness (QED) is 0.0195. The number of unbranched alkanes of at least 4 members (excludes halogenated alkanes) is 47. The van der Waals surface area contributed by atoms with E-state index in [1.807, 2.05) is 21.1 Å². The minimum absolute atomic E-state index is 0.145.